The van der Waals surface area contributed by atoms with E-state index in [9.17, 15) is 14.4 Å². The third kappa shape index (κ3) is 5.89. The molecule has 2 bridgehead atoms. The minimum atomic E-state index is -0.875. The van der Waals surface area contributed by atoms with E-state index in [4.69, 9.17) is 14.5 Å². The Balaban J connectivity index is 0.00000612. The van der Waals surface area contributed by atoms with Gasteiger partial charge in [0, 0.05) is 17.8 Å². The van der Waals surface area contributed by atoms with E-state index in [1.807, 2.05) is 60.3 Å². The van der Waals surface area contributed by atoms with Crippen LogP contribution in [-0.2, 0) is 23.9 Å². The number of nitrogens with zero attached hydrogens (tertiary/aromatic N) is 2. The molecule has 35 heavy (non-hydrogen) atoms. The average Bonchev–Trinajstić information content (AvgIpc) is 3.06. The van der Waals surface area contributed by atoms with Crippen molar-refractivity contribution in [3.8, 4) is 0 Å². The van der Waals surface area contributed by atoms with Crippen LogP contribution in [0.1, 0.15) is 94.9 Å². The Morgan fingerprint density at radius 1 is 1.09 bits per heavy atom. The molecule has 1 amide bonds. The van der Waals surface area contributed by atoms with Crippen molar-refractivity contribution in [3.63, 3.8) is 0 Å². The summed E-state index contributed by atoms with van der Waals surface area (Å²) in [6.07, 6.45) is 2.43. The van der Waals surface area contributed by atoms with E-state index in [-0.39, 0.29) is 35.3 Å². The molecule has 0 unspecified atom stereocenters. The summed E-state index contributed by atoms with van der Waals surface area (Å²) in [5.74, 6) is -0.859. The molecule has 2 rings (SSSR count). The van der Waals surface area contributed by atoms with Crippen molar-refractivity contribution >= 4 is 23.6 Å². The van der Waals surface area contributed by atoms with Crippen LogP contribution >= 0.6 is 0 Å². The summed E-state index contributed by atoms with van der Waals surface area (Å²) >= 11 is 0. The van der Waals surface area contributed by atoms with Gasteiger partial charge in [-0.05, 0) is 85.0 Å². The summed E-state index contributed by atoms with van der Waals surface area (Å²) in [7, 11) is 1.34. The summed E-state index contributed by atoms with van der Waals surface area (Å²) in [6, 6.07) is -0.767. The van der Waals surface area contributed by atoms with Crippen LogP contribution in [0.4, 0.5) is 0 Å². The average molecular weight is 497 g/mol. The Hall–Kier alpha value is -1.96. The molecule has 2 aliphatic rings. The zero-order valence-electron chi connectivity index (χ0n) is 23.7. The Morgan fingerprint density at radius 2 is 1.63 bits per heavy atom. The van der Waals surface area contributed by atoms with Gasteiger partial charge < -0.3 is 19.8 Å². The Morgan fingerprint density at radius 3 is 2.06 bits per heavy atom. The van der Waals surface area contributed by atoms with Crippen LogP contribution in [0.25, 0.3) is 0 Å². The largest absolute Gasteiger partial charge is 0.469 e. The van der Waals surface area contributed by atoms with Crippen LogP contribution in [0, 0.1) is 22.7 Å². The summed E-state index contributed by atoms with van der Waals surface area (Å²) in [5.41, 5.74) is -0.918. The maximum absolute atomic E-state index is 14.3. The molecule has 0 spiro atoms. The third-order valence-corrected chi connectivity index (χ3v) is 7.83. The number of hydrogen-bond donors (Lipinski definition) is 0. The fraction of sp³-hybridized carbons (Fsp3) is 0.852. The first-order valence-electron chi connectivity index (χ1n) is 12.7. The molecule has 0 saturated heterocycles. The minimum absolute atomic E-state index is 0. The molecule has 0 heterocycles. The van der Waals surface area contributed by atoms with Crippen molar-refractivity contribution in [3.05, 3.63) is 0 Å². The molecule has 202 valence electrons. The second-order valence-electron chi connectivity index (χ2n) is 12.3. The van der Waals surface area contributed by atoms with Gasteiger partial charge in [-0.15, -0.1) is 0 Å². The SMILES string of the molecule is COC(=O)C[C@H](C)[C@H](N=C1C[C@H]2CC[C@]1(C(=O)N(C(C)C)C(C)C)C2(C)C)C(=O)OC(C)(C)C.O. The Labute approximate surface area is 211 Å². The number of rotatable bonds is 8. The number of carbonyl (C=O) groups is 3. The highest BCUT2D eigenvalue weighted by Gasteiger charge is 2.67. The molecule has 8 nitrogen and oxygen atoms in total. The predicted molar refractivity (Wildman–Crippen MR) is 137 cm³/mol. The lowest BCUT2D eigenvalue weighted by Crippen LogP contribution is -2.55. The van der Waals surface area contributed by atoms with Gasteiger partial charge in [-0.25, -0.2) is 4.79 Å². The Bertz CT molecular complexity index is 818. The number of esters is 2. The van der Waals surface area contributed by atoms with Gasteiger partial charge in [-0.2, -0.15) is 0 Å². The van der Waals surface area contributed by atoms with Crippen molar-refractivity contribution in [2.75, 3.05) is 7.11 Å². The standard InChI is InChI=1S/C27H46N2O5.H2O/c1-16(2)29(17(3)4)24(32)27-13-12-19(26(27,9)10)15-20(27)28-22(18(5)14-21(30)33-11)23(31)34-25(6,7)8;/h16-19,22H,12-15H2,1-11H3;1H2/t18-,19+,22-,27-;/m0./s1. The van der Waals surface area contributed by atoms with E-state index in [0.29, 0.717) is 12.3 Å². The lowest BCUT2D eigenvalue weighted by molar-refractivity contribution is -0.158. The molecule has 0 aromatic rings. The van der Waals surface area contributed by atoms with E-state index in [0.717, 1.165) is 18.6 Å². The zero-order chi connectivity index (χ0) is 26.2. The van der Waals surface area contributed by atoms with Gasteiger partial charge in [0.25, 0.3) is 0 Å². The van der Waals surface area contributed by atoms with Crippen molar-refractivity contribution < 1.29 is 29.3 Å². The molecule has 0 aliphatic heterocycles. The van der Waals surface area contributed by atoms with E-state index in [2.05, 4.69) is 13.8 Å². The minimum Gasteiger partial charge on any atom is -0.469 e. The lowest BCUT2D eigenvalue weighted by Gasteiger charge is -2.44. The molecule has 0 aromatic carbocycles. The molecule has 0 aromatic heterocycles. The number of hydrogen-bond acceptors (Lipinski definition) is 6. The molecule has 2 N–H and O–H groups in total. The van der Waals surface area contributed by atoms with Gasteiger partial charge in [-0.1, -0.05) is 20.8 Å². The van der Waals surface area contributed by atoms with Crippen LogP contribution in [0.2, 0.25) is 0 Å². The normalized spacial score (nSPS) is 25.9. The number of amides is 1. The van der Waals surface area contributed by atoms with Crippen LogP contribution < -0.4 is 0 Å². The highest BCUT2D eigenvalue weighted by atomic mass is 16.6. The van der Waals surface area contributed by atoms with Gasteiger partial charge in [0.05, 0.1) is 18.9 Å². The van der Waals surface area contributed by atoms with Gasteiger partial charge in [-0.3, -0.25) is 14.6 Å². The van der Waals surface area contributed by atoms with Crippen LogP contribution in [0.3, 0.4) is 0 Å². The lowest BCUT2D eigenvalue weighted by atomic mass is 9.67. The molecule has 2 aliphatic carbocycles. The smallest absolute Gasteiger partial charge is 0.331 e. The monoisotopic (exact) mass is 496 g/mol. The molecular weight excluding hydrogens is 448 g/mol. The fourth-order valence-corrected chi connectivity index (χ4v) is 6.06. The van der Waals surface area contributed by atoms with Gasteiger partial charge in [0.15, 0.2) is 6.04 Å². The highest BCUT2D eigenvalue weighted by Crippen LogP contribution is 2.65. The third-order valence-electron chi connectivity index (χ3n) is 7.83. The maximum Gasteiger partial charge on any atom is 0.331 e. The fourth-order valence-electron chi connectivity index (χ4n) is 6.06. The number of methoxy groups -OCH3 is 1. The molecule has 0 radical (unpaired) electrons. The van der Waals surface area contributed by atoms with E-state index in [1.54, 1.807) is 0 Å². The van der Waals surface area contributed by atoms with Gasteiger partial charge >= 0.3 is 11.9 Å². The predicted octanol–water partition coefficient (Wildman–Crippen LogP) is 3.98. The number of carbonyl (C=O) groups excluding carboxylic acids is 3. The summed E-state index contributed by atoms with van der Waals surface area (Å²) in [4.78, 5) is 46.5. The molecule has 4 atom stereocenters. The molecular formula is C27H48N2O6. The first-order valence-corrected chi connectivity index (χ1v) is 12.7. The van der Waals surface area contributed by atoms with Crippen molar-refractivity contribution in [1.82, 2.24) is 4.90 Å². The van der Waals surface area contributed by atoms with Crippen LogP contribution in [0.15, 0.2) is 4.99 Å². The van der Waals surface area contributed by atoms with E-state index >= 15 is 0 Å². The molecule has 8 heteroatoms. The molecule has 2 fully saturated rings. The quantitative estimate of drug-likeness (QED) is 0.471. The summed E-state index contributed by atoms with van der Waals surface area (Å²) in [5, 5.41) is 0. The van der Waals surface area contributed by atoms with Crippen molar-refractivity contribution in [2.24, 2.45) is 27.7 Å². The second kappa shape index (κ2) is 11.0. The van der Waals surface area contributed by atoms with E-state index in [1.165, 1.54) is 7.11 Å². The molecule has 2 saturated carbocycles. The van der Waals surface area contributed by atoms with Crippen LogP contribution in [0.5, 0.6) is 0 Å². The van der Waals surface area contributed by atoms with Crippen molar-refractivity contribution in [2.45, 2.75) is 119 Å². The zero-order valence-corrected chi connectivity index (χ0v) is 23.7. The number of fused-ring (bicyclic) bond motifs is 2. The summed E-state index contributed by atoms with van der Waals surface area (Å²) < 4.78 is 10.5. The maximum atomic E-state index is 14.3. The number of ether oxygens (including phenoxy) is 2. The number of aliphatic imine (C=N–C) groups is 1. The van der Waals surface area contributed by atoms with E-state index < -0.39 is 34.9 Å². The highest BCUT2D eigenvalue weighted by molar-refractivity contribution is 6.12. The second-order valence-corrected chi connectivity index (χ2v) is 12.3. The van der Waals surface area contributed by atoms with Crippen molar-refractivity contribution in [1.29, 1.82) is 0 Å². The van der Waals surface area contributed by atoms with Gasteiger partial charge in [0.2, 0.25) is 5.91 Å². The summed E-state index contributed by atoms with van der Waals surface area (Å²) in [6.45, 7) is 19.8. The van der Waals surface area contributed by atoms with Crippen LogP contribution in [-0.4, -0.2) is 64.8 Å². The first-order chi connectivity index (χ1) is 15.5. The Kier molecular flexibility index (Phi) is 9.74. The topological polar surface area (TPSA) is 117 Å². The first kappa shape index (κ1) is 31.1. The van der Waals surface area contributed by atoms with Gasteiger partial charge in [0.1, 0.15) is 5.60 Å².